The molecule has 0 bridgehead atoms. The molecule has 128 valence electrons. The van der Waals surface area contributed by atoms with Gasteiger partial charge in [-0.05, 0) is 69.2 Å². The summed E-state index contributed by atoms with van der Waals surface area (Å²) < 4.78 is 0. The second kappa shape index (κ2) is 7.87. The molecular formula is C20H32N2S. The lowest BCUT2D eigenvalue weighted by atomic mass is 9.79. The smallest absolute Gasteiger partial charge is 0.0817 e. The second-order valence-corrected chi connectivity index (χ2v) is 7.74. The summed E-state index contributed by atoms with van der Waals surface area (Å²) in [6.07, 6.45) is 5.61. The number of allylic oxidation sites excluding steroid dienone is 1. The molecule has 23 heavy (non-hydrogen) atoms. The summed E-state index contributed by atoms with van der Waals surface area (Å²) in [7, 11) is 0. The Labute approximate surface area is 147 Å². The SMILES string of the molecule is CCC(C)NC(N)c1c(C)ccc(C2CCC(S)C=C2C)c1C. The Hall–Kier alpha value is -0.770. The minimum absolute atomic E-state index is 0.101. The Bertz CT molecular complexity index is 579. The van der Waals surface area contributed by atoms with Gasteiger partial charge in [-0.1, -0.05) is 30.7 Å². The van der Waals surface area contributed by atoms with Crippen LogP contribution in [-0.4, -0.2) is 11.3 Å². The van der Waals surface area contributed by atoms with Crippen molar-refractivity contribution >= 4 is 12.6 Å². The van der Waals surface area contributed by atoms with E-state index in [0.29, 0.717) is 17.2 Å². The molecule has 0 aromatic heterocycles. The van der Waals surface area contributed by atoms with Crippen molar-refractivity contribution in [2.24, 2.45) is 5.73 Å². The third-order valence-electron chi connectivity index (χ3n) is 5.29. The molecule has 0 aliphatic heterocycles. The molecule has 0 saturated carbocycles. The lowest BCUT2D eigenvalue weighted by Crippen LogP contribution is -2.36. The number of nitrogens with one attached hydrogen (secondary N) is 1. The van der Waals surface area contributed by atoms with Gasteiger partial charge in [-0.2, -0.15) is 12.6 Å². The van der Waals surface area contributed by atoms with E-state index in [-0.39, 0.29) is 6.17 Å². The van der Waals surface area contributed by atoms with Crippen molar-refractivity contribution in [3.05, 3.63) is 46.0 Å². The quantitative estimate of drug-likeness (QED) is 0.413. The molecule has 0 saturated heterocycles. The normalized spacial score (nSPS) is 24.2. The van der Waals surface area contributed by atoms with Gasteiger partial charge in [0, 0.05) is 17.2 Å². The fourth-order valence-electron chi connectivity index (χ4n) is 3.71. The molecule has 1 aromatic carbocycles. The summed E-state index contributed by atoms with van der Waals surface area (Å²) in [6.45, 7) is 11.0. The fraction of sp³-hybridized carbons (Fsp3) is 0.600. The van der Waals surface area contributed by atoms with Gasteiger partial charge in [-0.25, -0.2) is 0 Å². The third-order valence-corrected chi connectivity index (χ3v) is 5.70. The largest absolute Gasteiger partial charge is 0.312 e. The highest BCUT2D eigenvalue weighted by atomic mass is 32.1. The zero-order valence-corrected chi connectivity index (χ0v) is 16.1. The van der Waals surface area contributed by atoms with Crippen molar-refractivity contribution in [3.63, 3.8) is 0 Å². The summed E-state index contributed by atoms with van der Waals surface area (Å²) in [5.41, 5.74) is 13.3. The Balaban J connectivity index is 2.37. The van der Waals surface area contributed by atoms with Gasteiger partial charge in [-0.3, -0.25) is 5.32 Å². The van der Waals surface area contributed by atoms with Gasteiger partial charge < -0.3 is 5.73 Å². The van der Waals surface area contributed by atoms with Crippen LogP contribution in [0, 0.1) is 13.8 Å². The maximum absolute atomic E-state index is 6.49. The van der Waals surface area contributed by atoms with Gasteiger partial charge in [0.05, 0.1) is 6.17 Å². The molecule has 3 heteroatoms. The van der Waals surface area contributed by atoms with E-state index in [4.69, 9.17) is 5.73 Å². The van der Waals surface area contributed by atoms with Crippen LogP contribution < -0.4 is 11.1 Å². The van der Waals surface area contributed by atoms with Gasteiger partial charge in [0.25, 0.3) is 0 Å². The first-order valence-electron chi connectivity index (χ1n) is 8.83. The van der Waals surface area contributed by atoms with Crippen molar-refractivity contribution in [1.82, 2.24) is 5.32 Å². The van der Waals surface area contributed by atoms with Crippen LogP contribution in [0.5, 0.6) is 0 Å². The molecule has 0 fully saturated rings. The average Bonchev–Trinajstić information content (AvgIpc) is 2.48. The molecule has 2 nitrogen and oxygen atoms in total. The van der Waals surface area contributed by atoms with E-state index in [9.17, 15) is 0 Å². The highest BCUT2D eigenvalue weighted by Gasteiger charge is 2.24. The maximum atomic E-state index is 6.49. The Kier molecular flexibility index (Phi) is 6.35. The highest BCUT2D eigenvalue weighted by molar-refractivity contribution is 7.81. The summed E-state index contributed by atoms with van der Waals surface area (Å²) in [4.78, 5) is 0. The average molecular weight is 333 g/mol. The van der Waals surface area contributed by atoms with Gasteiger partial charge in [0.2, 0.25) is 0 Å². The van der Waals surface area contributed by atoms with Crippen LogP contribution in [0.1, 0.15) is 74.4 Å². The van der Waals surface area contributed by atoms with Gasteiger partial charge >= 0.3 is 0 Å². The van der Waals surface area contributed by atoms with Crippen molar-refractivity contribution in [3.8, 4) is 0 Å². The monoisotopic (exact) mass is 332 g/mol. The van der Waals surface area contributed by atoms with E-state index in [1.54, 1.807) is 0 Å². The predicted molar refractivity (Wildman–Crippen MR) is 104 cm³/mol. The molecule has 3 N–H and O–H groups in total. The molecule has 1 aliphatic carbocycles. The Morgan fingerprint density at radius 2 is 1.96 bits per heavy atom. The van der Waals surface area contributed by atoms with Crippen LogP contribution in [0.25, 0.3) is 0 Å². The van der Waals surface area contributed by atoms with Crippen LogP contribution in [0.3, 0.4) is 0 Å². The minimum atomic E-state index is -0.101. The van der Waals surface area contributed by atoms with E-state index in [2.05, 4.69) is 70.8 Å². The number of thiol groups is 1. The van der Waals surface area contributed by atoms with Crippen LogP contribution in [-0.2, 0) is 0 Å². The van der Waals surface area contributed by atoms with Crippen molar-refractivity contribution in [2.45, 2.75) is 77.3 Å². The maximum Gasteiger partial charge on any atom is 0.0817 e. The van der Waals surface area contributed by atoms with Crippen molar-refractivity contribution in [2.75, 3.05) is 0 Å². The molecular weight excluding hydrogens is 300 g/mol. The summed E-state index contributed by atoms with van der Waals surface area (Å²) in [5.74, 6) is 0.508. The Morgan fingerprint density at radius 3 is 2.57 bits per heavy atom. The van der Waals surface area contributed by atoms with Crippen molar-refractivity contribution < 1.29 is 0 Å². The van der Waals surface area contributed by atoms with E-state index >= 15 is 0 Å². The first kappa shape index (κ1) is 18.6. The summed E-state index contributed by atoms with van der Waals surface area (Å²) in [6, 6.07) is 4.95. The van der Waals surface area contributed by atoms with Gasteiger partial charge in [-0.15, -0.1) is 0 Å². The Morgan fingerprint density at radius 1 is 1.26 bits per heavy atom. The lowest BCUT2D eigenvalue weighted by molar-refractivity contribution is 0.453. The zero-order chi connectivity index (χ0) is 17.1. The molecule has 0 amide bonds. The van der Waals surface area contributed by atoms with E-state index in [1.165, 1.54) is 34.2 Å². The summed E-state index contributed by atoms with van der Waals surface area (Å²) in [5, 5.41) is 3.93. The van der Waals surface area contributed by atoms with Gasteiger partial charge in [0.15, 0.2) is 0 Å². The number of nitrogens with two attached hydrogens (primary N) is 1. The standard InChI is InChI=1S/C20H32N2S/c1-6-14(4)22-20(21)19-12(2)7-9-18(15(19)5)17-10-8-16(23)11-13(17)3/h7,9,11,14,16-17,20,22-23H,6,8,10,21H2,1-5H3. The van der Waals surface area contributed by atoms with Crippen LogP contribution in [0.2, 0.25) is 0 Å². The molecule has 0 heterocycles. The summed E-state index contributed by atoms with van der Waals surface area (Å²) >= 11 is 4.61. The van der Waals surface area contributed by atoms with Crippen molar-refractivity contribution in [1.29, 1.82) is 0 Å². The van der Waals surface area contributed by atoms with E-state index < -0.39 is 0 Å². The minimum Gasteiger partial charge on any atom is -0.312 e. The molecule has 0 radical (unpaired) electrons. The molecule has 4 unspecified atom stereocenters. The predicted octanol–water partition coefficient (Wildman–Crippen LogP) is 4.77. The molecule has 0 spiro atoms. The first-order chi connectivity index (χ1) is 10.8. The number of benzene rings is 1. The highest BCUT2D eigenvalue weighted by Crippen LogP contribution is 2.38. The van der Waals surface area contributed by atoms with Crippen LogP contribution in [0.4, 0.5) is 0 Å². The van der Waals surface area contributed by atoms with Crippen LogP contribution >= 0.6 is 12.6 Å². The lowest BCUT2D eigenvalue weighted by Gasteiger charge is -2.30. The zero-order valence-electron chi connectivity index (χ0n) is 15.2. The number of aryl methyl sites for hydroxylation is 1. The number of hydrogen-bond acceptors (Lipinski definition) is 3. The second-order valence-electron chi connectivity index (χ2n) is 7.07. The fourth-order valence-corrected chi connectivity index (χ4v) is 4.10. The number of rotatable bonds is 5. The van der Waals surface area contributed by atoms with E-state index in [0.717, 1.165) is 12.8 Å². The third kappa shape index (κ3) is 4.20. The molecule has 1 aliphatic rings. The molecule has 2 rings (SSSR count). The molecule has 1 aromatic rings. The molecule has 4 atom stereocenters. The van der Waals surface area contributed by atoms with E-state index in [1.807, 2.05) is 0 Å². The van der Waals surface area contributed by atoms with Gasteiger partial charge in [0.1, 0.15) is 0 Å². The first-order valence-corrected chi connectivity index (χ1v) is 9.34. The number of hydrogen-bond donors (Lipinski definition) is 3. The van der Waals surface area contributed by atoms with Crippen LogP contribution in [0.15, 0.2) is 23.8 Å². The topological polar surface area (TPSA) is 38.0 Å².